The highest BCUT2D eigenvalue weighted by Gasteiger charge is 2.26. The lowest BCUT2D eigenvalue weighted by atomic mass is 9.98. The van der Waals surface area contributed by atoms with E-state index in [0.29, 0.717) is 0 Å². The summed E-state index contributed by atoms with van der Waals surface area (Å²) in [5.74, 6) is 0. The Morgan fingerprint density at radius 1 is 0.0748 bits per heavy atom. The lowest BCUT2D eigenvalue weighted by molar-refractivity contribution is 1.13. The summed E-state index contributed by atoms with van der Waals surface area (Å²) in [6.45, 7) is 0. The minimum absolute atomic E-state index is 1.14. The van der Waals surface area contributed by atoms with Crippen molar-refractivity contribution in [3.05, 3.63) is 540 Å². The van der Waals surface area contributed by atoms with Crippen molar-refractivity contribution in [3.63, 3.8) is 0 Å². The molecule has 0 fully saturated rings. The highest BCUT2D eigenvalue weighted by Crippen LogP contribution is 2.47. The van der Waals surface area contributed by atoms with Crippen LogP contribution in [0, 0.1) is 0 Å². The Morgan fingerprint density at radius 3 is 0.401 bits per heavy atom. The van der Waals surface area contributed by atoms with Gasteiger partial charge < -0.3 is 41.1 Å². The van der Waals surface area contributed by atoms with Gasteiger partial charge in [0, 0.05) is 148 Å². The van der Waals surface area contributed by atoms with Gasteiger partial charge in [0.1, 0.15) is 0 Å². The Kier molecular flexibility index (Phi) is 18.9. The fourth-order valence-corrected chi connectivity index (χ4v) is 24.3. The van der Waals surface area contributed by atoms with Crippen LogP contribution in [0.1, 0.15) is 0 Å². The second-order valence-corrected chi connectivity index (χ2v) is 38.6. The van der Waals surface area contributed by atoms with Crippen LogP contribution >= 0.6 is 0 Å². The van der Waals surface area contributed by atoms with E-state index in [4.69, 9.17) is 0 Å². The lowest BCUT2D eigenvalue weighted by Gasteiger charge is -2.13. The number of hydrogen-bond donors (Lipinski definition) is 0. The van der Waals surface area contributed by atoms with E-state index >= 15 is 0 Å². The van der Waals surface area contributed by atoms with E-state index in [-0.39, 0.29) is 0 Å². The predicted octanol–water partition coefficient (Wildman–Crippen LogP) is 36.3. The van der Waals surface area contributed by atoms with E-state index in [2.05, 4.69) is 581 Å². The zero-order chi connectivity index (χ0) is 96.4. The average Bonchev–Trinajstić information content (AvgIpc) is 1.57. The Labute approximate surface area is 844 Å². The molecule has 0 spiro atoms. The molecule has 9 heteroatoms. The SMILES string of the molecule is c1cc(-n2c3ccccc3c3ccccc32)cc(-n2c3ccccc3c3cc(-n4c5ccccc5c5ccccc54)ccc32)c1.c1ccc(-n2c3ccccc3c3cc(-c4ccc5c(c4)c4cc(-c6ccc7c(c6)c6ccccc6n7-c6ccccc6)ccc4n5-c4ccccc4)ccc32)cc1.c1ccc(-n2c3ccccc3c3cc(-n4c5ccccc5c5cc(-n6c7ccccc7c7ccccc76)ccc54)ccc32)cc1. The van der Waals surface area contributed by atoms with Gasteiger partial charge in [-0.25, -0.2) is 0 Å². The van der Waals surface area contributed by atoms with Gasteiger partial charge in [-0.1, -0.05) is 303 Å². The monoisotopic (exact) mass is 1870 g/mol. The maximum atomic E-state index is 2.42. The molecule has 0 saturated carbocycles. The maximum Gasteiger partial charge on any atom is 0.0542 e. The summed E-state index contributed by atoms with van der Waals surface area (Å²) in [6.07, 6.45) is 0. The summed E-state index contributed by atoms with van der Waals surface area (Å²) >= 11 is 0. The Hall–Kier alpha value is -19.7. The van der Waals surface area contributed by atoms with Gasteiger partial charge in [0.05, 0.1) is 99.3 Å². The largest absolute Gasteiger partial charge is 0.309 e. The number of benzene rings is 23. The molecule has 32 rings (SSSR count). The number of fused-ring (bicyclic) bond motifs is 27. The number of rotatable bonds is 11. The standard InChI is InChI=1S/C54H35N3.2C42H27N3/c1-4-14-40(15-5-1)55-49-22-12-10-20-43(49)45-32-36(24-28-51(45)55)38-26-30-53-47(34-38)48-35-39(27-31-54(48)57(53)42-18-8-3-9-19-42)37-25-29-52-46(33-37)44-21-11-13-23-50(44)56(52)41-16-6-2-7-17-41;1-6-19-37-31(14-1)32-15-2-7-20-38(32)43(37)28-12-11-13-29(26-28)44-41-23-10-5-18-35(41)36-27-30(24-25-42(36)44)45-39-21-8-3-16-33(39)34-17-4-9-22-40(34)45;1-2-12-28(13-3-1)43-39-20-10-6-16-33(39)35-27-30(22-24-41(35)43)45-40-21-11-7-17-34(40)36-26-29(23-25-42(36)45)44-37-18-8-4-14-31(37)32-15-5-9-19-38(32)44/h1-35H;2*1-27H. The number of nitrogens with zero attached hydrogens (tertiary/aromatic N) is 9. The second-order valence-electron chi connectivity index (χ2n) is 38.6. The molecule has 0 aliphatic heterocycles. The Morgan fingerprint density at radius 2 is 0.204 bits per heavy atom. The molecule has 9 nitrogen and oxygen atoms in total. The molecule has 147 heavy (non-hydrogen) atoms. The van der Waals surface area contributed by atoms with Crippen LogP contribution in [0.3, 0.4) is 0 Å². The van der Waals surface area contributed by atoms with Crippen molar-refractivity contribution in [2.24, 2.45) is 0 Å². The first kappa shape index (κ1) is 83.1. The van der Waals surface area contributed by atoms with Crippen molar-refractivity contribution < 1.29 is 0 Å². The van der Waals surface area contributed by atoms with Crippen LogP contribution in [0.4, 0.5) is 0 Å². The molecule has 0 amide bonds. The first-order valence-corrected chi connectivity index (χ1v) is 50.5. The molecule has 686 valence electrons. The van der Waals surface area contributed by atoms with Crippen LogP contribution in [0.25, 0.3) is 270 Å². The van der Waals surface area contributed by atoms with Gasteiger partial charge >= 0.3 is 0 Å². The molecule has 9 aromatic heterocycles. The molecule has 0 atom stereocenters. The molecule has 0 N–H and O–H groups in total. The Balaban J connectivity index is 0.000000103. The van der Waals surface area contributed by atoms with E-state index in [9.17, 15) is 0 Å². The predicted molar refractivity (Wildman–Crippen MR) is 619 cm³/mol. The highest BCUT2D eigenvalue weighted by molar-refractivity contribution is 6.20. The van der Waals surface area contributed by atoms with Crippen LogP contribution < -0.4 is 0 Å². The minimum atomic E-state index is 1.14. The van der Waals surface area contributed by atoms with Crippen LogP contribution in [-0.2, 0) is 0 Å². The van der Waals surface area contributed by atoms with Crippen molar-refractivity contribution in [3.8, 4) is 73.4 Å². The van der Waals surface area contributed by atoms with E-state index in [0.717, 1.165) is 22.7 Å². The molecule has 9 heterocycles. The zero-order valence-corrected chi connectivity index (χ0v) is 79.9. The lowest BCUT2D eigenvalue weighted by Crippen LogP contribution is -1.99. The first-order valence-electron chi connectivity index (χ1n) is 50.5. The van der Waals surface area contributed by atoms with E-state index < -0.39 is 0 Å². The van der Waals surface area contributed by atoms with Gasteiger partial charge in [-0.3, -0.25) is 0 Å². The molecule has 23 aromatic carbocycles. The van der Waals surface area contributed by atoms with Crippen molar-refractivity contribution in [1.29, 1.82) is 0 Å². The van der Waals surface area contributed by atoms with Gasteiger partial charge in [-0.2, -0.15) is 0 Å². The Bertz CT molecular complexity index is 10600. The molecular weight excluding hydrogens is 1780 g/mol. The molecule has 32 aromatic rings. The third-order valence-corrected chi connectivity index (χ3v) is 30.7. The summed E-state index contributed by atoms with van der Waals surface area (Å²) in [5.41, 5.74) is 37.1. The number of aromatic nitrogens is 9. The van der Waals surface area contributed by atoms with Crippen LogP contribution in [-0.4, -0.2) is 41.1 Å². The van der Waals surface area contributed by atoms with Crippen LogP contribution in [0.2, 0.25) is 0 Å². The molecule has 0 bridgehead atoms. The molecular formula is C138H89N9. The fourth-order valence-electron chi connectivity index (χ4n) is 24.3. The van der Waals surface area contributed by atoms with E-state index in [1.807, 2.05) is 0 Å². The number of para-hydroxylation sites is 15. The van der Waals surface area contributed by atoms with Gasteiger partial charge in [0.25, 0.3) is 0 Å². The third-order valence-electron chi connectivity index (χ3n) is 30.7. The molecule has 0 saturated heterocycles. The summed E-state index contributed by atoms with van der Waals surface area (Å²) < 4.78 is 21.6. The van der Waals surface area contributed by atoms with E-state index in [1.165, 1.54) is 247 Å². The van der Waals surface area contributed by atoms with Crippen LogP contribution in [0.15, 0.2) is 540 Å². The van der Waals surface area contributed by atoms with Crippen molar-refractivity contribution in [2.75, 3.05) is 0 Å². The van der Waals surface area contributed by atoms with Gasteiger partial charge in [0.2, 0.25) is 0 Å². The van der Waals surface area contributed by atoms with Gasteiger partial charge in [-0.15, -0.1) is 0 Å². The summed E-state index contributed by atoms with van der Waals surface area (Å²) in [6, 6.07) is 196. The average molecular weight is 1870 g/mol. The quantitative estimate of drug-likeness (QED) is 0.124. The molecule has 0 aliphatic carbocycles. The van der Waals surface area contributed by atoms with Crippen LogP contribution in [0.5, 0.6) is 0 Å². The number of hydrogen-bond acceptors (Lipinski definition) is 0. The van der Waals surface area contributed by atoms with Crippen molar-refractivity contribution in [2.45, 2.75) is 0 Å². The summed E-state index contributed by atoms with van der Waals surface area (Å²) in [5, 5.41) is 22.6. The second kappa shape index (κ2) is 33.5. The molecule has 0 radical (unpaired) electrons. The normalized spacial score (nSPS) is 11.9. The summed E-state index contributed by atoms with van der Waals surface area (Å²) in [4.78, 5) is 0. The smallest absolute Gasteiger partial charge is 0.0542 e. The van der Waals surface area contributed by atoms with Crippen molar-refractivity contribution in [1.82, 2.24) is 41.1 Å². The topological polar surface area (TPSA) is 44.4 Å². The first-order chi connectivity index (χ1) is 73.0. The zero-order valence-electron chi connectivity index (χ0n) is 79.9. The minimum Gasteiger partial charge on any atom is -0.309 e. The molecule has 0 aliphatic rings. The summed E-state index contributed by atoms with van der Waals surface area (Å²) in [7, 11) is 0. The fraction of sp³-hybridized carbons (Fsp3) is 0. The van der Waals surface area contributed by atoms with Crippen molar-refractivity contribution >= 4 is 196 Å². The van der Waals surface area contributed by atoms with E-state index in [1.54, 1.807) is 0 Å². The maximum absolute atomic E-state index is 2.42. The van der Waals surface area contributed by atoms with Gasteiger partial charge in [0.15, 0.2) is 0 Å². The van der Waals surface area contributed by atoms with Gasteiger partial charge in [-0.05, 0) is 259 Å². The third kappa shape index (κ3) is 13.1. The molecule has 0 unspecified atom stereocenters. The highest BCUT2D eigenvalue weighted by atomic mass is 15.1.